The maximum Gasteiger partial charge on any atom is 0.294 e. The number of hydrogen-bond acceptors (Lipinski definition) is 5. The molecule has 1 N–H and O–H groups in total. The molecule has 2 aliphatic rings. The van der Waals surface area contributed by atoms with Crippen LogP contribution in [0.3, 0.4) is 0 Å². The van der Waals surface area contributed by atoms with Crippen LogP contribution in [0.15, 0.2) is 41.2 Å². The number of carbonyl (C=O) groups excluding carboxylic acids is 1. The summed E-state index contributed by atoms with van der Waals surface area (Å²) in [6.45, 7) is 4.45. The average Bonchev–Trinajstić information content (AvgIpc) is 3.44. The Bertz CT molecular complexity index is 1410. The van der Waals surface area contributed by atoms with Crippen LogP contribution in [0.2, 0.25) is 0 Å². The highest BCUT2D eigenvalue weighted by atomic mass is 16.5. The quantitative estimate of drug-likeness (QED) is 0.529. The summed E-state index contributed by atoms with van der Waals surface area (Å²) >= 11 is 0. The van der Waals surface area contributed by atoms with Crippen LogP contribution in [0.1, 0.15) is 51.6 Å². The Labute approximate surface area is 183 Å². The number of benzene rings is 2. The van der Waals surface area contributed by atoms with E-state index < -0.39 is 0 Å². The van der Waals surface area contributed by atoms with E-state index in [9.17, 15) is 9.59 Å². The lowest BCUT2D eigenvalue weighted by Gasteiger charge is -2.21. The Kier molecular flexibility index (Phi) is 4.36. The fraction of sp³-hybridized carbons (Fsp3) is 0.333. The summed E-state index contributed by atoms with van der Waals surface area (Å²) in [7, 11) is 0. The van der Waals surface area contributed by atoms with Crippen LogP contribution in [-0.2, 0) is 17.8 Å². The van der Waals surface area contributed by atoms with Gasteiger partial charge < -0.3 is 14.6 Å². The Morgan fingerprint density at radius 2 is 1.81 bits per heavy atom. The minimum absolute atomic E-state index is 0.0133. The predicted molar refractivity (Wildman–Crippen MR) is 119 cm³/mol. The maximum absolute atomic E-state index is 13.5. The van der Waals surface area contributed by atoms with Gasteiger partial charge in [-0.15, -0.1) is 10.2 Å². The lowest BCUT2D eigenvalue weighted by Crippen LogP contribution is -2.26. The molecule has 2 aromatic carbocycles. The van der Waals surface area contributed by atoms with Crippen LogP contribution in [0.4, 0.5) is 0 Å². The summed E-state index contributed by atoms with van der Waals surface area (Å²) in [5.74, 6) is 0.910. The number of rotatable bonds is 2. The first-order valence-electron chi connectivity index (χ1n) is 11.0. The van der Waals surface area contributed by atoms with Crippen LogP contribution in [-0.4, -0.2) is 43.6 Å². The highest BCUT2D eigenvalue weighted by Gasteiger charge is 2.27. The molecule has 4 aromatic rings. The Morgan fingerprint density at radius 1 is 1.09 bits per heavy atom. The molecule has 162 valence electrons. The number of aryl methyl sites for hydroxylation is 1. The normalized spacial score (nSPS) is 16.7. The van der Waals surface area contributed by atoms with E-state index in [1.807, 2.05) is 40.5 Å². The van der Waals surface area contributed by atoms with E-state index in [4.69, 9.17) is 4.74 Å². The molecule has 0 aliphatic carbocycles. The van der Waals surface area contributed by atoms with Crippen molar-refractivity contribution < 1.29 is 9.53 Å². The standard InChI is InChI=1S/C24H23N5O3/c1-14-10-19-20(11-18(14)24(31)28-12-16-4-2-3-5-17(16)13-28)29-21(15-6-8-32-9-7-15)26-27-22(29)23(30)25-19/h2-5,10-11,15H,6-9,12-13H2,1H3,(H,25,30). The summed E-state index contributed by atoms with van der Waals surface area (Å²) < 4.78 is 7.33. The number of aromatic amines is 1. The van der Waals surface area contributed by atoms with Gasteiger partial charge in [0.2, 0.25) is 5.65 Å². The molecule has 2 aromatic heterocycles. The second kappa shape index (κ2) is 7.27. The van der Waals surface area contributed by atoms with Crippen molar-refractivity contribution in [3.05, 3.63) is 74.8 Å². The number of nitrogens with one attached hydrogen (secondary N) is 1. The summed E-state index contributed by atoms with van der Waals surface area (Å²) in [4.78, 5) is 31.0. The van der Waals surface area contributed by atoms with Crippen molar-refractivity contribution in [2.75, 3.05) is 13.2 Å². The zero-order chi connectivity index (χ0) is 21.8. The van der Waals surface area contributed by atoms with Gasteiger partial charge in [0.15, 0.2) is 0 Å². The van der Waals surface area contributed by atoms with E-state index in [2.05, 4.69) is 27.3 Å². The van der Waals surface area contributed by atoms with Crippen molar-refractivity contribution in [3.8, 4) is 0 Å². The smallest absolute Gasteiger partial charge is 0.294 e. The number of aromatic nitrogens is 4. The molecule has 1 amide bonds. The molecule has 1 fully saturated rings. The van der Waals surface area contributed by atoms with Gasteiger partial charge in [0.1, 0.15) is 5.82 Å². The zero-order valence-corrected chi connectivity index (χ0v) is 17.8. The first-order chi connectivity index (χ1) is 15.6. The van der Waals surface area contributed by atoms with Gasteiger partial charge in [0.05, 0.1) is 11.0 Å². The van der Waals surface area contributed by atoms with Crippen LogP contribution in [0.25, 0.3) is 16.7 Å². The van der Waals surface area contributed by atoms with Crippen LogP contribution in [0, 0.1) is 6.92 Å². The summed E-state index contributed by atoms with van der Waals surface area (Å²) in [6.07, 6.45) is 1.66. The second-order valence-corrected chi connectivity index (χ2v) is 8.67. The number of nitrogens with zero attached hydrogens (tertiary/aromatic N) is 4. The van der Waals surface area contributed by atoms with Gasteiger partial charge in [0, 0.05) is 37.8 Å². The van der Waals surface area contributed by atoms with Crippen LogP contribution in [0.5, 0.6) is 0 Å². The van der Waals surface area contributed by atoms with Gasteiger partial charge in [-0.05, 0) is 48.6 Å². The highest BCUT2D eigenvalue weighted by Crippen LogP contribution is 2.29. The second-order valence-electron chi connectivity index (χ2n) is 8.67. The van der Waals surface area contributed by atoms with E-state index in [0.717, 1.165) is 29.7 Å². The van der Waals surface area contributed by atoms with E-state index >= 15 is 0 Å². The molecule has 4 heterocycles. The number of fused-ring (bicyclic) bond motifs is 4. The molecular weight excluding hydrogens is 406 g/mol. The van der Waals surface area contributed by atoms with Crippen LogP contribution >= 0.6 is 0 Å². The van der Waals surface area contributed by atoms with E-state index in [1.165, 1.54) is 11.1 Å². The SMILES string of the molecule is Cc1cc2[nH]c(=O)c3nnc(C4CCOCC4)n3c2cc1C(=O)N1Cc2ccccc2C1. The molecule has 32 heavy (non-hydrogen) atoms. The molecular formula is C24H23N5O3. The third-order valence-corrected chi connectivity index (χ3v) is 6.67. The first-order valence-corrected chi connectivity index (χ1v) is 11.0. The number of carbonyl (C=O) groups is 1. The summed E-state index contributed by atoms with van der Waals surface area (Å²) in [5, 5.41) is 8.55. The monoisotopic (exact) mass is 429 g/mol. The van der Waals surface area contributed by atoms with Crippen LogP contribution < -0.4 is 5.56 Å². The maximum atomic E-state index is 13.5. The fourth-order valence-corrected chi connectivity index (χ4v) is 4.94. The molecule has 0 radical (unpaired) electrons. The molecule has 0 bridgehead atoms. The van der Waals surface area contributed by atoms with Gasteiger partial charge >= 0.3 is 0 Å². The lowest BCUT2D eigenvalue weighted by atomic mass is 9.99. The summed E-state index contributed by atoms with van der Waals surface area (Å²) in [6, 6.07) is 11.9. The van der Waals surface area contributed by atoms with Gasteiger partial charge in [0.25, 0.3) is 11.5 Å². The predicted octanol–water partition coefficient (Wildman–Crippen LogP) is 2.93. The van der Waals surface area contributed by atoms with Gasteiger partial charge in [-0.1, -0.05) is 24.3 Å². The van der Waals surface area contributed by atoms with Gasteiger partial charge in [-0.25, -0.2) is 0 Å². The molecule has 1 saturated heterocycles. The Morgan fingerprint density at radius 3 is 2.53 bits per heavy atom. The average molecular weight is 429 g/mol. The van der Waals surface area contributed by atoms with Crippen molar-refractivity contribution in [1.29, 1.82) is 0 Å². The molecule has 0 saturated carbocycles. The van der Waals surface area contributed by atoms with E-state index in [0.29, 0.717) is 37.4 Å². The minimum atomic E-state index is -0.281. The van der Waals surface area contributed by atoms with Gasteiger partial charge in [-0.3, -0.25) is 14.0 Å². The Hall–Kier alpha value is -3.52. The largest absolute Gasteiger partial charge is 0.381 e. The molecule has 0 spiro atoms. The number of hydrogen-bond donors (Lipinski definition) is 1. The molecule has 2 aliphatic heterocycles. The highest BCUT2D eigenvalue weighted by molar-refractivity contribution is 5.99. The van der Waals surface area contributed by atoms with Crippen molar-refractivity contribution >= 4 is 22.6 Å². The van der Waals surface area contributed by atoms with Crippen molar-refractivity contribution in [1.82, 2.24) is 24.5 Å². The zero-order valence-electron chi connectivity index (χ0n) is 17.8. The lowest BCUT2D eigenvalue weighted by molar-refractivity contribution is 0.0751. The van der Waals surface area contributed by atoms with Gasteiger partial charge in [-0.2, -0.15) is 0 Å². The van der Waals surface area contributed by atoms with Crippen molar-refractivity contribution in [2.45, 2.75) is 38.8 Å². The number of amides is 1. The minimum Gasteiger partial charge on any atom is -0.381 e. The molecule has 8 nitrogen and oxygen atoms in total. The van der Waals surface area contributed by atoms with Crippen molar-refractivity contribution in [3.63, 3.8) is 0 Å². The third-order valence-electron chi connectivity index (χ3n) is 6.67. The molecule has 8 heteroatoms. The van der Waals surface area contributed by atoms with E-state index in [-0.39, 0.29) is 23.0 Å². The first kappa shape index (κ1) is 19.2. The third kappa shape index (κ3) is 2.94. The molecule has 0 atom stereocenters. The number of ether oxygens (including phenoxy) is 1. The Balaban J connectivity index is 1.48. The molecule has 0 unspecified atom stereocenters. The molecule has 6 rings (SSSR count). The van der Waals surface area contributed by atoms with Crippen molar-refractivity contribution in [2.24, 2.45) is 0 Å². The van der Waals surface area contributed by atoms with E-state index in [1.54, 1.807) is 0 Å². The fourth-order valence-electron chi connectivity index (χ4n) is 4.94. The topological polar surface area (TPSA) is 92.6 Å². The summed E-state index contributed by atoms with van der Waals surface area (Å²) in [5.41, 5.74) is 5.23. The number of H-pyrrole nitrogens is 1.